The number of thiazole rings is 6. The van der Waals surface area contributed by atoms with Crippen LogP contribution in [0.4, 0.5) is 0 Å². The highest BCUT2D eigenvalue weighted by molar-refractivity contribution is 7.20. The van der Waals surface area contributed by atoms with Crippen molar-refractivity contribution in [2.45, 2.75) is 63.8 Å². The highest BCUT2D eigenvalue weighted by atomic mass is 32.1. The van der Waals surface area contributed by atoms with Gasteiger partial charge in [-0.2, -0.15) is 9.13 Å². The zero-order valence-corrected chi connectivity index (χ0v) is 50.8. The topological polar surface area (TPSA) is 103 Å². The maximum absolute atomic E-state index is 4.57. The first-order valence-electron chi connectivity index (χ1n) is 26.1. The van der Waals surface area contributed by atoms with Gasteiger partial charge in [-0.3, -0.25) is 8.80 Å². The summed E-state index contributed by atoms with van der Waals surface area (Å²) >= 11 is 10.6. The molecule has 18 rings (SSSR count). The summed E-state index contributed by atoms with van der Waals surface area (Å²) in [4.78, 5) is 26.0. The first kappa shape index (κ1) is 58.9. The number of aromatic nitrogens is 14. The maximum atomic E-state index is 4.57. The standard InChI is InChI=1S/2C11H11N2S.C10H10N3S.2C10H8N2S.C9H7N3S.3CH4/c1-8-12(2)11-9-5-3-4-6-13(9)7-10(11)14-8;1-8-12(2)10-7-9-5-3-4-6-13(9)11(10)14-8;1-7-12(2)9-10(14-7)13-6-4-3-5-8(13)11-9;1-7-11-8-6-12-5-3-2-4-9(12)10(8)13-7;1-7-11-10-9(13-7)6-8-4-2-3-5-12(8)10;1-6-10-8-9(13-6)11-7-4-2-3-5-12(7)8;;;/h2*3-7H,1-2H3;3-6H,1-2H3;2*2-6H,1H3;2-5H,1H3;3*1H4/q3*+1;;;;;;. The van der Waals surface area contributed by atoms with Crippen molar-refractivity contribution < 1.29 is 13.7 Å². The lowest BCUT2D eigenvalue weighted by Crippen LogP contribution is -2.29. The largest absolute Gasteiger partial charge is 0.361 e. The molecule has 14 nitrogen and oxygen atoms in total. The number of fused-ring (bicyclic) bond motifs is 18. The van der Waals surface area contributed by atoms with Crippen LogP contribution in [-0.4, -0.2) is 51.3 Å². The summed E-state index contributed by atoms with van der Waals surface area (Å²) in [5.41, 5.74) is 13.9. The first-order valence-corrected chi connectivity index (χ1v) is 31.0. The van der Waals surface area contributed by atoms with E-state index in [0.29, 0.717) is 0 Å². The van der Waals surface area contributed by atoms with Crippen LogP contribution in [0.5, 0.6) is 0 Å². The molecule has 0 saturated heterocycles. The summed E-state index contributed by atoms with van der Waals surface area (Å²) in [6.07, 6.45) is 16.6. The minimum atomic E-state index is 0. The molecule has 0 unspecified atom stereocenters. The zero-order chi connectivity index (χ0) is 55.6. The van der Waals surface area contributed by atoms with Crippen LogP contribution in [0.1, 0.15) is 52.3 Å². The molecule has 0 aliphatic rings. The summed E-state index contributed by atoms with van der Waals surface area (Å²) in [6, 6.07) is 41.4. The Morgan fingerprint density at radius 1 is 0.405 bits per heavy atom. The molecule has 84 heavy (non-hydrogen) atoms. The number of imidazole rings is 2. The van der Waals surface area contributed by atoms with E-state index < -0.39 is 0 Å². The Hall–Kier alpha value is -8.24. The van der Waals surface area contributed by atoms with Crippen LogP contribution in [0.15, 0.2) is 171 Å². The van der Waals surface area contributed by atoms with Crippen LogP contribution in [0.2, 0.25) is 0 Å². The van der Waals surface area contributed by atoms with Crippen LogP contribution in [0.25, 0.3) is 95.4 Å². The van der Waals surface area contributed by atoms with Crippen molar-refractivity contribution in [2.24, 2.45) is 21.1 Å². The Morgan fingerprint density at radius 2 is 0.952 bits per heavy atom. The Bertz CT molecular complexity index is 4920. The Labute approximate surface area is 510 Å². The van der Waals surface area contributed by atoms with Gasteiger partial charge in [0.1, 0.15) is 35.5 Å². The Balaban J connectivity index is 0.000000112. The molecule has 0 atom stereocenters. The van der Waals surface area contributed by atoms with E-state index >= 15 is 0 Å². The van der Waals surface area contributed by atoms with Crippen LogP contribution < -0.4 is 13.7 Å². The molecular weight excluding hydrogens is 1160 g/mol. The summed E-state index contributed by atoms with van der Waals surface area (Å²) in [5.74, 6) is 0. The summed E-state index contributed by atoms with van der Waals surface area (Å²) in [5, 5.41) is 7.30. The third-order valence-corrected chi connectivity index (χ3v) is 20.3. The molecule has 0 aromatic carbocycles. The fraction of sp³-hybridized carbons (Fsp3) is 0.188. The molecule has 18 aromatic heterocycles. The van der Waals surface area contributed by atoms with E-state index in [-0.39, 0.29) is 22.3 Å². The molecular formula is C64H67N14S6+3. The van der Waals surface area contributed by atoms with E-state index in [2.05, 4.69) is 213 Å². The molecule has 0 saturated carbocycles. The van der Waals surface area contributed by atoms with E-state index in [1.165, 1.54) is 71.9 Å². The van der Waals surface area contributed by atoms with Crippen molar-refractivity contribution in [2.75, 3.05) is 0 Å². The van der Waals surface area contributed by atoms with Gasteiger partial charge in [0.25, 0.3) is 5.65 Å². The predicted octanol–water partition coefficient (Wildman–Crippen LogP) is 16.1. The molecule has 0 aliphatic carbocycles. The quantitative estimate of drug-likeness (QED) is 0.141. The second-order valence-corrected chi connectivity index (χ2v) is 26.6. The molecule has 0 amide bonds. The highest BCUT2D eigenvalue weighted by Gasteiger charge is 2.21. The van der Waals surface area contributed by atoms with Crippen LogP contribution in [0, 0.1) is 41.5 Å². The van der Waals surface area contributed by atoms with Gasteiger partial charge in [0.05, 0.1) is 42.5 Å². The van der Waals surface area contributed by atoms with Crippen molar-refractivity contribution >= 4 is 163 Å². The number of aryl methyl sites for hydroxylation is 9. The summed E-state index contributed by atoms with van der Waals surface area (Å²) in [7, 11) is 6.30. The van der Waals surface area contributed by atoms with Gasteiger partial charge >= 0.3 is 5.65 Å². The number of pyridine rings is 6. The lowest BCUT2D eigenvalue weighted by molar-refractivity contribution is -0.648. The van der Waals surface area contributed by atoms with Crippen LogP contribution in [0.3, 0.4) is 0 Å². The minimum absolute atomic E-state index is 0. The lowest BCUT2D eigenvalue weighted by atomic mass is 10.4. The SMILES string of the molecule is C.C.C.Cc1nc2c(cc3ccccn32)s1.Cc1nc2c(nc3ccccn32)s1.Cc1nc2cn3ccccc3c2s1.Cc1sc2c(cc3ccccn32)[n+]1C.Cc1sc2c(nc3ccccn32)[n+]1C.Cc1sc2cn3ccccc3c2[n+]1C. The highest BCUT2D eigenvalue weighted by Crippen LogP contribution is 2.30. The van der Waals surface area contributed by atoms with Crippen LogP contribution in [-0.2, 0) is 21.1 Å². The minimum Gasteiger partial charge on any atom is -0.320 e. The average Bonchev–Trinajstić information content (AvgIpc) is 4.54. The molecule has 0 spiro atoms. The molecule has 0 fully saturated rings. The Kier molecular flexibility index (Phi) is 16.9. The number of hydrogen-bond donors (Lipinski definition) is 0. The number of rotatable bonds is 0. The molecule has 0 aliphatic heterocycles. The van der Waals surface area contributed by atoms with Crippen molar-refractivity contribution in [3.05, 3.63) is 201 Å². The van der Waals surface area contributed by atoms with Gasteiger partial charge in [-0.1, -0.05) is 92.7 Å². The number of hydrogen-bond acceptors (Lipinski definition) is 11. The fourth-order valence-electron chi connectivity index (χ4n) is 9.97. The maximum Gasteiger partial charge on any atom is 0.361 e. The summed E-state index contributed by atoms with van der Waals surface area (Å²) in [6.45, 7) is 12.5. The normalized spacial score (nSPS) is 11.1. The van der Waals surface area contributed by atoms with Gasteiger partial charge in [0.2, 0.25) is 25.9 Å². The third kappa shape index (κ3) is 10.8. The van der Waals surface area contributed by atoms with Crippen LogP contribution >= 0.6 is 68.0 Å². The average molecular weight is 1220 g/mol. The zero-order valence-electron chi connectivity index (χ0n) is 45.9. The monoisotopic (exact) mass is 1220 g/mol. The van der Waals surface area contributed by atoms with E-state index in [1.54, 1.807) is 45.3 Å². The third-order valence-electron chi connectivity index (χ3n) is 14.1. The van der Waals surface area contributed by atoms with Gasteiger partial charge in [0, 0.05) is 88.0 Å². The summed E-state index contributed by atoms with van der Waals surface area (Å²) < 4.78 is 23.4. The molecule has 20 heteroatoms. The van der Waals surface area contributed by atoms with E-state index in [0.717, 1.165) is 53.6 Å². The predicted molar refractivity (Wildman–Crippen MR) is 358 cm³/mol. The molecule has 0 N–H and O–H groups in total. The molecule has 0 radical (unpaired) electrons. The molecule has 0 bridgehead atoms. The van der Waals surface area contributed by atoms with E-state index in [9.17, 15) is 0 Å². The molecule has 18 heterocycles. The van der Waals surface area contributed by atoms with Crippen molar-refractivity contribution in [1.82, 2.24) is 51.3 Å². The lowest BCUT2D eigenvalue weighted by Gasteiger charge is -1.91. The second kappa shape index (κ2) is 24.2. The van der Waals surface area contributed by atoms with Crippen molar-refractivity contribution in [3.63, 3.8) is 0 Å². The van der Waals surface area contributed by atoms with Gasteiger partial charge in [-0.15, -0.1) is 22.7 Å². The van der Waals surface area contributed by atoms with E-state index in [4.69, 9.17) is 0 Å². The smallest absolute Gasteiger partial charge is 0.320 e. The first-order chi connectivity index (χ1) is 39.3. The van der Waals surface area contributed by atoms with Gasteiger partial charge < -0.3 is 17.6 Å². The van der Waals surface area contributed by atoms with Crippen molar-refractivity contribution in [3.8, 4) is 0 Å². The van der Waals surface area contributed by atoms with Crippen molar-refractivity contribution in [1.29, 1.82) is 0 Å². The van der Waals surface area contributed by atoms with Gasteiger partial charge in [-0.05, 0) is 110 Å². The Morgan fingerprint density at radius 3 is 1.69 bits per heavy atom. The van der Waals surface area contributed by atoms with Gasteiger partial charge in [0.15, 0.2) is 26.0 Å². The number of nitrogens with zero attached hydrogens (tertiary/aromatic N) is 14. The van der Waals surface area contributed by atoms with E-state index in [1.807, 2.05) is 109 Å². The molecule has 426 valence electrons. The molecule has 18 aromatic rings. The fourth-order valence-corrected chi connectivity index (χ4v) is 15.7. The second-order valence-electron chi connectivity index (χ2n) is 19.4. The van der Waals surface area contributed by atoms with Gasteiger partial charge in [-0.25, -0.2) is 24.5 Å².